The third kappa shape index (κ3) is 12.7. The molecule has 0 atom stereocenters. The Bertz CT molecular complexity index is 248. The second kappa shape index (κ2) is 13.0. The molecule has 0 spiro atoms. The summed E-state index contributed by atoms with van der Waals surface area (Å²) in [6.07, 6.45) is 12.1. The van der Waals surface area contributed by atoms with Gasteiger partial charge in [-0.1, -0.05) is 85.0 Å². The highest BCUT2D eigenvalue weighted by Crippen LogP contribution is 2.16. The van der Waals surface area contributed by atoms with Crippen LogP contribution in [0.1, 0.15) is 85.5 Å². The van der Waals surface area contributed by atoms with Gasteiger partial charge in [0.2, 0.25) is 0 Å². The van der Waals surface area contributed by atoms with Gasteiger partial charge in [0, 0.05) is 12.2 Å². The van der Waals surface area contributed by atoms with Crippen molar-refractivity contribution in [2.75, 3.05) is 6.54 Å². The number of hydrogen-bond acceptors (Lipinski definition) is 1. The second-order valence-corrected chi connectivity index (χ2v) is 7.00. The van der Waals surface area contributed by atoms with E-state index in [0.717, 1.165) is 6.54 Å². The first-order valence-corrected chi connectivity index (χ1v) is 9.05. The first-order chi connectivity index (χ1) is 9.95. The van der Waals surface area contributed by atoms with Crippen molar-refractivity contribution in [2.24, 2.45) is 11.8 Å². The fourth-order valence-corrected chi connectivity index (χ4v) is 2.28. The van der Waals surface area contributed by atoms with Crippen LogP contribution in [0.2, 0.25) is 0 Å². The summed E-state index contributed by atoms with van der Waals surface area (Å²) in [6, 6.07) is 0. The molecular weight excluding hydrogens is 254 g/mol. The van der Waals surface area contributed by atoms with Gasteiger partial charge in [0.1, 0.15) is 0 Å². The Morgan fingerprint density at radius 1 is 0.714 bits per heavy atom. The smallest absolute Gasteiger partial charge is 0.0143 e. The lowest BCUT2D eigenvalue weighted by Crippen LogP contribution is -2.17. The van der Waals surface area contributed by atoms with E-state index in [1.54, 1.807) is 0 Å². The van der Waals surface area contributed by atoms with Crippen molar-refractivity contribution in [3.05, 3.63) is 24.4 Å². The van der Waals surface area contributed by atoms with Crippen molar-refractivity contribution in [2.45, 2.75) is 85.5 Å². The molecule has 0 unspecified atom stereocenters. The zero-order valence-electron chi connectivity index (χ0n) is 15.1. The van der Waals surface area contributed by atoms with Gasteiger partial charge in [0.25, 0.3) is 0 Å². The van der Waals surface area contributed by atoms with Crippen LogP contribution in [0.5, 0.6) is 0 Å². The van der Waals surface area contributed by atoms with Gasteiger partial charge in [-0.3, -0.25) is 0 Å². The molecule has 0 aliphatic heterocycles. The molecule has 0 aromatic heterocycles. The highest BCUT2D eigenvalue weighted by atomic mass is 14.9. The molecule has 1 N–H and O–H groups in total. The minimum absolute atomic E-state index is 0.553. The Balaban J connectivity index is 3.20. The predicted molar refractivity (Wildman–Crippen MR) is 97.5 cm³/mol. The highest BCUT2D eigenvalue weighted by molar-refractivity contribution is 4.96. The number of hydrogen-bond donors (Lipinski definition) is 1. The van der Waals surface area contributed by atoms with Crippen LogP contribution in [0.25, 0.3) is 0 Å². The summed E-state index contributed by atoms with van der Waals surface area (Å²) in [5, 5.41) is 3.42. The van der Waals surface area contributed by atoms with E-state index < -0.39 is 0 Å². The SMILES string of the molecule is C=C(CCCCCCCCCCNC(=C)C(C)C)C(C)C. The van der Waals surface area contributed by atoms with Crippen LogP contribution in [-0.4, -0.2) is 6.54 Å². The molecule has 0 saturated heterocycles. The Morgan fingerprint density at radius 2 is 1.19 bits per heavy atom. The Kier molecular flexibility index (Phi) is 12.5. The zero-order valence-corrected chi connectivity index (χ0v) is 15.1. The maximum absolute atomic E-state index is 4.14. The van der Waals surface area contributed by atoms with E-state index in [-0.39, 0.29) is 0 Å². The van der Waals surface area contributed by atoms with E-state index in [2.05, 4.69) is 46.2 Å². The minimum atomic E-state index is 0.553. The molecule has 0 aliphatic rings. The largest absolute Gasteiger partial charge is 0.389 e. The molecule has 0 fully saturated rings. The minimum Gasteiger partial charge on any atom is -0.389 e. The summed E-state index contributed by atoms with van der Waals surface area (Å²) in [6.45, 7) is 18.1. The van der Waals surface area contributed by atoms with Crippen LogP contribution in [0.3, 0.4) is 0 Å². The van der Waals surface area contributed by atoms with E-state index >= 15 is 0 Å². The van der Waals surface area contributed by atoms with Crippen molar-refractivity contribution < 1.29 is 0 Å². The third-order valence-corrected chi connectivity index (χ3v) is 4.29. The topological polar surface area (TPSA) is 12.0 Å². The first kappa shape index (κ1) is 20.3. The van der Waals surface area contributed by atoms with Crippen molar-refractivity contribution in [1.29, 1.82) is 0 Å². The molecule has 0 aromatic carbocycles. The molecule has 0 aromatic rings. The van der Waals surface area contributed by atoms with E-state index in [0.29, 0.717) is 11.8 Å². The molecule has 0 aliphatic carbocycles. The molecule has 0 bridgehead atoms. The normalized spacial score (nSPS) is 11.1. The quantitative estimate of drug-likeness (QED) is 0.286. The lowest BCUT2D eigenvalue weighted by Gasteiger charge is -2.12. The van der Waals surface area contributed by atoms with Crippen LogP contribution >= 0.6 is 0 Å². The van der Waals surface area contributed by atoms with Crippen LogP contribution < -0.4 is 5.32 Å². The van der Waals surface area contributed by atoms with Crippen molar-refractivity contribution in [3.8, 4) is 0 Å². The van der Waals surface area contributed by atoms with Gasteiger partial charge < -0.3 is 5.32 Å². The molecule has 0 amide bonds. The van der Waals surface area contributed by atoms with E-state index in [1.165, 1.54) is 69.1 Å². The molecule has 1 heteroatoms. The van der Waals surface area contributed by atoms with Crippen molar-refractivity contribution in [3.63, 3.8) is 0 Å². The summed E-state index contributed by atoms with van der Waals surface area (Å²) in [7, 11) is 0. The fourth-order valence-electron chi connectivity index (χ4n) is 2.28. The van der Waals surface area contributed by atoms with Crippen LogP contribution in [-0.2, 0) is 0 Å². The van der Waals surface area contributed by atoms with E-state index in [9.17, 15) is 0 Å². The molecular formula is C20H39N. The first-order valence-electron chi connectivity index (χ1n) is 9.05. The van der Waals surface area contributed by atoms with Gasteiger partial charge in [-0.2, -0.15) is 0 Å². The van der Waals surface area contributed by atoms with Gasteiger partial charge in [-0.05, 0) is 31.1 Å². The van der Waals surface area contributed by atoms with E-state index in [4.69, 9.17) is 0 Å². The highest BCUT2D eigenvalue weighted by Gasteiger charge is 2.00. The Hall–Kier alpha value is -0.720. The van der Waals surface area contributed by atoms with Crippen molar-refractivity contribution in [1.82, 2.24) is 5.32 Å². The molecule has 0 radical (unpaired) electrons. The lowest BCUT2D eigenvalue weighted by atomic mass is 9.98. The Morgan fingerprint density at radius 3 is 1.67 bits per heavy atom. The number of rotatable bonds is 14. The van der Waals surface area contributed by atoms with Crippen LogP contribution in [0.15, 0.2) is 24.4 Å². The molecule has 0 saturated carbocycles. The van der Waals surface area contributed by atoms with Gasteiger partial charge in [-0.15, -0.1) is 0 Å². The molecule has 21 heavy (non-hydrogen) atoms. The average Bonchev–Trinajstić information content (AvgIpc) is 2.43. The van der Waals surface area contributed by atoms with Gasteiger partial charge in [-0.25, -0.2) is 0 Å². The summed E-state index contributed by atoms with van der Waals surface area (Å²) in [5.74, 6) is 1.21. The summed E-state index contributed by atoms with van der Waals surface area (Å²) < 4.78 is 0. The van der Waals surface area contributed by atoms with Gasteiger partial charge in [0.05, 0.1) is 0 Å². The molecule has 124 valence electrons. The van der Waals surface area contributed by atoms with Gasteiger partial charge >= 0.3 is 0 Å². The third-order valence-electron chi connectivity index (χ3n) is 4.29. The summed E-state index contributed by atoms with van der Waals surface area (Å²) in [5.41, 5.74) is 2.60. The average molecular weight is 294 g/mol. The number of unbranched alkanes of at least 4 members (excludes halogenated alkanes) is 7. The van der Waals surface area contributed by atoms with Gasteiger partial charge in [0.15, 0.2) is 0 Å². The molecule has 0 heterocycles. The zero-order chi connectivity index (χ0) is 16.1. The van der Waals surface area contributed by atoms with Crippen LogP contribution in [0.4, 0.5) is 0 Å². The predicted octanol–water partition coefficient (Wildman–Crippen LogP) is 6.47. The molecule has 0 rings (SSSR count). The number of allylic oxidation sites excluding steroid dienone is 2. The second-order valence-electron chi connectivity index (χ2n) is 7.00. The fraction of sp³-hybridized carbons (Fsp3) is 0.800. The monoisotopic (exact) mass is 293 g/mol. The van der Waals surface area contributed by atoms with Crippen LogP contribution in [0, 0.1) is 11.8 Å². The number of nitrogens with one attached hydrogen (secondary N) is 1. The maximum Gasteiger partial charge on any atom is 0.0143 e. The Labute approximate surface area is 134 Å². The van der Waals surface area contributed by atoms with Crippen molar-refractivity contribution >= 4 is 0 Å². The molecule has 1 nitrogen and oxygen atoms in total. The lowest BCUT2D eigenvalue weighted by molar-refractivity contribution is 0.549. The van der Waals surface area contributed by atoms with E-state index in [1.807, 2.05) is 0 Å². The summed E-state index contributed by atoms with van der Waals surface area (Å²) >= 11 is 0. The standard InChI is InChI=1S/C20H39N/c1-17(2)19(5)15-13-11-9-7-8-10-12-14-16-21-20(6)18(3)4/h17-18,21H,5-16H2,1-4H3. The summed E-state index contributed by atoms with van der Waals surface area (Å²) in [4.78, 5) is 0. The maximum atomic E-state index is 4.14.